The lowest BCUT2D eigenvalue weighted by Crippen LogP contribution is -2.19. The van der Waals surface area contributed by atoms with E-state index in [0.29, 0.717) is 40.3 Å². The Morgan fingerprint density at radius 1 is 0.824 bits per heavy atom. The average Bonchev–Trinajstić information content (AvgIpc) is 3.18. The number of rotatable bonds is 7. The predicted octanol–water partition coefficient (Wildman–Crippen LogP) is 4.73. The van der Waals surface area contributed by atoms with E-state index in [-0.39, 0.29) is 0 Å². The highest BCUT2D eigenvalue weighted by Gasteiger charge is 2.09. The maximum atomic E-state index is 12.4. The Balaban J connectivity index is 1.40. The summed E-state index contributed by atoms with van der Waals surface area (Å²) in [5, 5.41) is 5.53. The van der Waals surface area contributed by atoms with Crippen molar-refractivity contribution in [2.75, 3.05) is 24.9 Å². The molecule has 0 saturated carbocycles. The van der Waals surface area contributed by atoms with Gasteiger partial charge in [-0.05, 0) is 38.1 Å². The highest BCUT2D eigenvalue weighted by molar-refractivity contribution is 6.00. The van der Waals surface area contributed by atoms with E-state index in [1.165, 1.54) is 6.33 Å². The minimum atomic E-state index is -0.407. The van der Waals surface area contributed by atoms with Gasteiger partial charge in [0.25, 0.3) is 0 Å². The smallest absolute Gasteiger partial charge is 0.323 e. The minimum Gasteiger partial charge on any atom is -0.497 e. The molecule has 0 aliphatic heterocycles. The number of nitrogens with one attached hydrogen (secondary N) is 2. The number of hydrogen-bond donors (Lipinski definition) is 2. The van der Waals surface area contributed by atoms with Crippen LogP contribution in [0.3, 0.4) is 0 Å². The largest absolute Gasteiger partial charge is 0.497 e. The molecule has 0 unspecified atom stereocenters. The van der Waals surface area contributed by atoms with Crippen LogP contribution in [0.1, 0.15) is 11.4 Å². The lowest BCUT2D eigenvalue weighted by molar-refractivity contribution is 0.262. The first-order valence-electron chi connectivity index (χ1n) is 10.4. The van der Waals surface area contributed by atoms with E-state index in [4.69, 9.17) is 14.2 Å². The standard InChI is InChI=1S/C24H24N6O4/c1-15-16(2)30(14-27-15)22-12-23(26-13-25-22)34-19-7-5-17(6-8-19)28-24(31)29-18-9-20(32-3)11-21(10-18)33-4/h5-14H,1-4H3,(H2,28,29,31). The second-order valence-corrected chi connectivity index (χ2v) is 7.31. The van der Waals surface area contributed by atoms with Crippen molar-refractivity contribution in [1.29, 1.82) is 0 Å². The van der Waals surface area contributed by atoms with E-state index >= 15 is 0 Å². The molecule has 0 radical (unpaired) electrons. The highest BCUT2D eigenvalue weighted by atomic mass is 16.5. The van der Waals surface area contributed by atoms with Crippen LogP contribution in [0, 0.1) is 13.8 Å². The molecule has 2 aromatic carbocycles. The van der Waals surface area contributed by atoms with Crippen molar-refractivity contribution in [1.82, 2.24) is 19.5 Å². The lowest BCUT2D eigenvalue weighted by atomic mass is 10.2. The molecule has 0 aliphatic rings. The summed E-state index contributed by atoms with van der Waals surface area (Å²) in [5.74, 6) is 2.75. The monoisotopic (exact) mass is 460 g/mol. The van der Waals surface area contributed by atoms with Gasteiger partial charge in [-0.25, -0.2) is 19.7 Å². The molecule has 2 heterocycles. The molecule has 0 bridgehead atoms. The molecule has 4 rings (SSSR count). The molecule has 10 heteroatoms. The molecule has 0 saturated heterocycles. The summed E-state index contributed by atoms with van der Waals surface area (Å²) in [6.07, 6.45) is 3.15. The topological polar surface area (TPSA) is 112 Å². The first kappa shape index (κ1) is 22.6. The number of nitrogens with zero attached hydrogens (tertiary/aromatic N) is 4. The maximum Gasteiger partial charge on any atom is 0.323 e. The quantitative estimate of drug-likeness (QED) is 0.410. The molecule has 174 valence electrons. The average molecular weight is 460 g/mol. The van der Waals surface area contributed by atoms with Crippen LogP contribution in [0.5, 0.6) is 23.1 Å². The van der Waals surface area contributed by atoms with E-state index < -0.39 is 6.03 Å². The number of carbonyl (C=O) groups is 1. The molecule has 0 fully saturated rings. The summed E-state index contributed by atoms with van der Waals surface area (Å²) in [7, 11) is 3.09. The van der Waals surface area contributed by atoms with Gasteiger partial charge in [-0.1, -0.05) is 0 Å². The maximum absolute atomic E-state index is 12.4. The third-order valence-corrected chi connectivity index (χ3v) is 5.07. The van der Waals surface area contributed by atoms with Gasteiger partial charge in [0.05, 0.1) is 19.9 Å². The Bertz CT molecular complexity index is 1280. The van der Waals surface area contributed by atoms with Gasteiger partial charge in [0.1, 0.15) is 35.7 Å². The van der Waals surface area contributed by atoms with E-state index in [1.807, 2.05) is 18.4 Å². The summed E-state index contributed by atoms with van der Waals surface area (Å²) in [4.78, 5) is 25.2. The fourth-order valence-corrected chi connectivity index (χ4v) is 3.15. The van der Waals surface area contributed by atoms with Crippen molar-refractivity contribution < 1.29 is 19.0 Å². The normalized spacial score (nSPS) is 10.5. The summed E-state index contributed by atoms with van der Waals surface area (Å²) < 4.78 is 18.2. The third kappa shape index (κ3) is 5.23. The van der Waals surface area contributed by atoms with Gasteiger partial charge >= 0.3 is 6.03 Å². The fraction of sp³-hybridized carbons (Fsp3) is 0.167. The van der Waals surface area contributed by atoms with Crippen molar-refractivity contribution in [2.24, 2.45) is 0 Å². The van der Waals surface area contributed by atoms with Crippen molar-refractivity contribution >= 4 is 17.4 Å². The second-order valence-electron chi connectivity index (χ2n) is 7.31. The van der Waals surface area contributed by atoms with Crippen LogP contribution >= 0.6 is 0 Å². The number of ether oxygens (including phenoxy) is 3. The highest BCUT2D eigenvalue weighted by Crippen LogP contribution is 2.26. The van der Waals surface area contributed by atoms with Crippen LogP contribution in [0.15, 0.2) is 61.2 Å². The molecule has 0 atom stereocenters. The lowest BCUT2D eigenvalue weighted by Gasteiger charge is -2.11. The Labute approximate surface area is 196 Å². The van der Waals surface area contributed by atoms with Crippen molar-refractivity contribution in [2.45, 2.75) is 13.8 Å². The Hall–Kier alpha value is -4.60. The number of aromatic nitrogens is 4. The van der Waals surface area contributed by atoms with Gasteiger partial charge in [-0.15, -0.1) is 0 Å². The van der Waals surface area contributed by atoms with Crippen LogP contribution in [0.4, 0.5) is 16.2 Å². The number of carbonyl (C=O) groups excluding carboxylic acids is 1. The molecule has 2 N–H and O–H groups in total. The van der Waals surface area contributed by atoms with Gasteiger partial charge in [-0.2, -0.15) is 0 Å². The zero-order valence-corrected chi connectivity index (χ0v) is 19.2. The van der Waals surface area contributed by atoms with Crippen LogP contribution in [0.2, 0.25) is 0 Å². The van der Waals surface area contributed by atoms with Crippen LogP contribution in [-0.4, -0.2) is 39.8 Å². The van der Waals surface area contributed by atoms with Crippen LogP contribution in [0.25, 0.3) is 5.82 Å². The third-order valence-electron chi connectivity index (χ3n) is 5.07. The van der Waals surface area contributed by atoms with Crippen LogP contribution in [-0.2, 0) is 0 Å². The van der Waals surface area contributed by atoms with Crippen LogP contribution < -0.4 is 24.8 Å². The summed E-state index contributed by atoms with van der Waals surface area (Å²) in [6.45, 7) is 3.91. The van der Waals surface area contributed by atoms with E-state index in [2.05, 4.69) is 25.6 Å². The predicted molar refractivity (Wildman–Crippen MR) is 127 cm³/mol. The van der Waals surface area contributed by atoms with E-state index in [1.54, 1.807) is 69.1 Å². The number of imidazole rings is 1. The summed E-state index contributed by atoms with van der Waals surface area (Å²) in [5.41, 5.74) is 3.05. The van der Waals surface area contributed by atoms with Crippen molar-refractivity contribution in [3.63, 3.8) is 0 Å². The summed E-state index contributed by atoms with van der Waals surface area (Å²) in [6, 6.07) is 13.4. The molecule has 34 heavy (non-hydrogen) atoms. The molecule has 0 aliphatic carbocycles. The zero-order chi connectivity index (χ0) is 24.1. The first-order valence-corrected chi connectivity index (χ1v) is 10.4. The Kier molecular flexibility index (Phi) is 6.58. The molecule has 2 amide bonds. The van der Waals surface area contributed by atoms with Crippen molar-refractivity contribution in [3.05, 3.63) is 72.6 Å². The number of urea groups is 1. The van der Waals surface area contributed by atoms with Crippen molar-refractivity contribution in [3.8, 4) is 28.9 Å². The molecule has 0 spiro atoms. The number of amides is 2. The first-order chi connectivity index (χ1) is 16.4. The number of anilines is 2. The molecular formula is C24H24N6O4. The molecular weight excluding hydrogens is 436 g/mol. The second kappa shape index (κ2) is 9.90. The SMILES string of the molecule is COc1cc(NC(=O)Nc2ccc(Oc3cc(-n4cnc(C)c4C)ncn3)cc2)cc(OC)c1. The Morgan fingerprint density at radius 3 is 2.12 bits per heavy atom. The van der Waals surface area contributed by atoms with E-state index in [9.17, 15) is 4.79 Å². The van der Waals surface area contributed by atoms with Gasteiger partial charge in [0.2, 0.25) is 5.88 Å². The van der Waals surface area contributed by atoms with Gasteiger partial charge in [0, 0.05) is 41.3 Å². The van der Waals surface area contributed by atoms with Gasteiger partial charge in [-0.3, -0.25) is 4.57 Å². The number of hydrogen-bond acceptors (Lipinski definition) is 7. The number of methoxy groups -OCH3 is 2. The minimum absolute atomic E-state index is 0.390. The van der Waals surface area contributed by atoms with Gasteiger partial charge < -0.3 is 24.8 Å². The number of benzene rings is 2. The number of aryl methyl sites for hydroxylation is 1. The Morgan fingerprint density at radius 2 is 1.50 bits per heavy atom. The molecule has 2 aromatic heterocycles. The fourth-order valence-electron chi connectivity index (χ4n) is 3.15. The van der Waals surface area contributed by atoms with E-state index in [0.717, 1.165) is 11.4 Å². The zero-order valence-electron chi connectivity index (χ0n) is 19.2. The van der Waals surface area contributed by atoms with Gasteiger partial charge in [0.15, 0.2) is 0 Å². The summed E-state index contributed by atoms with van der Waals surface area (Å²) >= 11 is 0. The molecule has 4 aromatic rings. The molecule has 10 nitrogen and oxygen atoms in total.